The molecule has 1 saturated heterocycles. The third-order valence-electron chi connectivity index (χ3n) is 3.53. The zero-order chi connectivity index (χ0) is 12.8. The largest absolute Gasteiger partial charge is 0.303 e. The van der Waals surface area contributed by atoms with E-state index in [9.17, 15) is 9.18 Å². The molecular formula is C15H20FNO. The summed E-state index contributed by atoms with van der Waals surface area (Å²) in [5.74, 6) is -0.490. The number of likely N-dealkylation sites (tertiary alicyclic amines) is 1. The summed E-state index contributed by atoms with van der Waals surface area (Å²) in [5.41, 5.74) is 0.229. The number of carbonyl (C=O) groups excluding carboxylic acids is 1. The molecule has 0 unspecified atom stereocenters. The Bertz CT molecular complexity index is 397. The first-order valence-corrected chi connectivity index (χ1v) is 6.77. The molecule has 1 aromatic carbocycles. The molecule has 1 fully saturated rings. The number of ketones is 1. The first kappa shape index (κ1) is 13.2. The molecule has 1 heterocycles. The maximum absolute atomic E-state index is 13.4. The van der Waals surface area contributed by atoms with E-state index in [1.807, 2.05) is 0 Å². The quantitative estimate of drug-likeness (QED) is 0.763. The van der Waals surface area contributed by atoms with Gasteiger partial charge in [0.2, 0.25) is 0 Å². The minimum Gasteiger partial charge on any atom is -0.303 e. The van der Waals surface area contributed by atoms with Gasteiger partial charge in [0.25, 0.3) is 0 Å². The second-order valence-electron chi connectivity index (χ2n) is 4.91. The molecule has 2 rings (SSSR count). The molecule has 3 heteroatoms. The van der Waals surface area contributed by atoms with Gasteiger partial charge in [0.15, 0.2) is 5.78 Å². The van der Waals surface area contributed by atoms with E-state index in [0.717, 1.165) is 19.6 Å². The number of nitrogens with zero attached hydrogens (tertiary/aromatic N) is 1. The van der Waals surface area contributed by atoms with Crippen molar-refractivity contribution in [2.45, 2.75) is 32.1 Å². The average molecular weight is 249 g/mol. The van der Waals surface area contributed by atoms with Crippen molar-refractivity contribution in [2.24, 2.45) is 0 Å². The van der Waals surface area contributed by atoms with Crippen molar-refractivity contribution in [3.05, 3.63) is 35.6 Å². The second-order valence-corrected chi connectivity index (χ2v) is 4.91. The van der Waals surface area contributed by atoms with Gasteiger partial charge in [-0.3, -0.25) is 4.79 Å². The highest BCUT2D eigenvalue weighted by Crippen LogP contribution is 2.12. The first-order chi connectivity index (χ1) is 8.77. The number of hydrogen-bond donors (Lipinski definition) is 0. The maximum Gasteiger partial charge on any atom is 0.167 e. The van der Waals surface area contributed by atoms with Crippen molar-refractivity contribution in [1.29, 1.82) is 0 Å². The van der Waals surface area contributed by atoms with Crippen molar-refractivity contribution in [1.82, 2.24) is 4.90 Å². The predicted molar refractivity (Wildman–Crippen MR) is 70.3 cm³/mol. The molecule has 0 amide bonds. The van der Waals surface area contributed by atoms with Gasteiger partial charge < -0.3 is 4.90 Å². The van der Waals surface area contributed by atoms with Crippen molar-refractivity contribution >= 4 is 5.78 Å². The fraction of sp³-hybridized carbons (Fsp3) is 0.533. The molecule has 98 valence electrons. The van der Waals surface area contributed by atoms with Gasteiger partial charge in [0.05, 0.1) is 5.56 Å². The van der Waals surface area contributed by atoms with Crippen LogP contribution in [0.5, 0.6) is 0 Å². The van der Waals surface area contributed by atoms with Crippen molar-refractivity contribution < 1.29 is 9.18 Å². The van der Waals surface area contributed by atoms with Crippen LogP contribution in [-0.4, -0.2) is 30.3 Å². The van der Waals surface area contributed by atoms with Crippen LogP contribution >= 0.6 is 0 Å². The van der Waals surface area contributed by atoms with Crippen molar-refractivity contribution in [2.75, 3.05) is 19.6 Å². The molecule has 0 saturated carbocycles. The minimum atomic E-state index is -0.404. The monoisotopic (exact) mass is 249 g/mol. The van der Waals surface area contributed by atoms with E-state index >= 15 is 0 Å². The normalized spacial score (nSPS) is 17.4. The van der Waals surface area contributed by atoms with Crippen LogP contribution in [0.15, 0.2) is 24.3 Å². The summed E-state index contributed by atoms with van der Waals surface area (Å²) in [6.45, 7) is 2.91. The van der Waals surface area contributed by atoms with E-state index in [4.69, 9.17) is 0 Å². The molecule has 1 aliphatic heterocycles. The van der Waals surface area contributed by atoms with Gasteiger partial charge in [-0.25, -0.2) is 4.39 Å². The summed E-state index contributed by atoms with van der Waals surface area (Å²) >= 11 is 0. The van der Waals surface area contributed by atoms with Crippen molar-refractivity contribution in [3.63, 3.8) is 0 Å². The van der Waals surface area contributed by atoms with Gasteiger partial charge in [-0.2, -0.15) is 0 Å². The number of Topliss-reactive ketones (excluding diaryl/α,β-unsaturated/α-hetero) is 1. The van der Waals surface area contributed by atoms with Gasteiger partial charge in [-0.05, 0) is 38.1 Å². The topological polar surface area (TPSA) is 20.3 Å². The number of carbonyl (C=O) groups is 1. The Kier molecular flexibility index (Phi) is 4.88. The Balaban J connectivity index is 1.86. The first-order valence-electron chi connectivity index (χ1n) is 6.77. The number of hydrogen-bond acceptors (Lipinski definition) is 2. The lowest BCUT2D eigenvalue weighted by Gasteiger charge is -2.19. The van der Waals surface area contributed by atoms with Crippen LogP contribution in [0.1, 0.15) is 42.5 Å². The minimum absolute atomic E-state index is 0.0858. The molecule has 2 nitrogen and oxygen atoms in total. The van der Waals surface area contributed by atoms with Gasteiger partial charge in [-0.15, -0.1) is 0 Å². The third kappa shape index (κ3) is 3.64. The fourth-order valence-corrected chi connectivity index (χ4v) is 2.44. The molecule has 1 aromatic rings. The highest BCUT2D eigenvalue weighted by Gasteiger charge is 2.14. The molecule has 0 atom stereocenters. The lowest BCUT2D eigenvalue weighted by Crippen LogP contribution is -2.27. The van der Waals surface area contributed by atoms with Gasteiger partial charge in [0.1, 0.15) is 5.82 Å². The van der Waals surface area contributed by atoms with Crippen LogP contribution in [0.4, 0.5) is 4.39 Å². The maximum atomic E-state index is 13.4. The zero-order valence-electron chi connectivity index (χ0n) is 10.7. The highest BCUT2D eigenvalue weighted by atomic mass is 19.1. The lowest BCUT2D eigenvalue weighted by molar-refractivity contribution is 0.0961. The molecule has 0 aliphatic carbocycles. The van der Waals surface area contributed by atoms with Crippen LogP contribution < -0.4 is 0 Å². The summed E-state index contributed by atoms with van der Waals surface area (Å²) in [5, 5.41) is 0. The van der Waals surface area contributed by atoms with E-state index in [-0.39, 0.29) is 11.3 Å². The molecule has 0 bridgehead atoms. The van der Waals surface area contributed by atoms with Gasteiger partial charge in [0, 0.05) is 13.0 Å². The predicted octanol–water partition coefficient (Wildman–Crippen LogP) is 3.27. The summed E-state index contributed by atoms with van der Waals surface area (Å²) in [7, 11) is 0. The fourth-order valence-electron chi connectivity index (χ4n) is 2.44. The summed E-state index contributed by atoms with van der Waals surface area (Å²) in [4.78, 5) is 14.3. The standard InChI is InChI=1S/C15H20FNO/c16-14-8-4-3-7-13(14)15(18)9-12-17-10-5-1-2-6-11-17/h3-4,7-8H,1-2,5-6,9-12H2. The zero-order valence-corrected chi connectivity index (χ0v) is 10.7. The van der Waals surface area contributed by atoms with Gasteiger partial charge >= 0.3 is 0 Å². The Morgan fingerprint density at radius 3 is 2.44 bits per heavy atom. The highest BCUT2D eigenvalue weighted by molar-refractivity contribution is 5.96. The third-order valence-corrected chi connectivity index (χ3v) is 3.53. The van der Waals surface area contributed by atoms with E-state index in [1.54, 1.807) is 18.2 Å². The van der Waals surface area contributed by atoms with Crippen LogP contribution in [0.25, 0.3) is 0 Å². The Morgan fingerprint density at radius 1 is 1.11 bits per heavy atom. The SMILES string of the molecule is O=C(CCN1CCCCCC1)c1ccccc1F. The van der Waals surface area contributed by atoms with Crippen LogP contribution in [0.3, 0.4) is 0 Å². The van der Waals surface area contributed by atoms with Crippen LogP contribution in [0, 0.1) is 5.82 Å². The van der Waals surface area contributed by atoms with E-state index in [0.29, 0.717) is 6.42 Å². The number of benzene rings is 1. The van der Waals surface area contributed by atoms with Crippen molar-refractivity contribution in [3.8, 4) is 0 Å². The number of halogens is 1. The summed E-state index contributed by atoms with van der Waals surface area (Å²) < 4.78 is 13.4. The molecule has 0 aromatic heterocycles. The Hall–Kier alpha value is -1.22. The van der Waals surface area contributed by atoms with Gasteiger partial charge in [-0.1, -0.05) is 25.0 Å². The smallest absolute Gasteiger partial charge is 0.167 e. The molecule has 18 heavy (non-hydrogen) atoms. The van der Waals surface area contributed by atoms with Crippen LogP contribution in [-0.2, 0) is 0 Å². The molecule has 0 N–H and O–H groups in total. The Labute approximate surface area is 108 Å². The lowest BCUT2D eigenvalue weighted by atomic mass is 10.1. The molecule has 0 spiro atoms. The van der Waals surface area contributed by atoms with E-state index in [1.165, 1.54) is 31.7 Å². The second kappa shape index (κ2) is 6.64. The molecule has 1 aliphatic rings. The Morgan fingerprint density at radius 2 is 1.78 bits per heavy atom. The van der Waals surface area contributed by atoms with Crippen LogP contribution in [0.2, 0.25) is 0 Å². The van der Waals surface area contributed by atoms with E-state index < -0.39 is 5.82 Å². The summed E-state index contributed by atoms with van der Waals surface area (Å²) in [6, 6.07) is 6.24. The summed E-state index contributed by atoms with van der Waals surface area (Å²) in [6.07, 6.45) is 5.43. The van der Waals surface area contributed by atoms with E-state index in [2.05, 4.69) is 4.90 Å². The molecule has 0 radical (unpaired) electrons. The average Bonchev–Trinajstić information content (AvgIpc) is 2.65. The molecular weight excluding hydrogens is 229 g/mol. The number of rotatable bonds is 4.